The van der Waals surface area contributed by atoms with Gasteiger partial charge in [0.1, 0.15) is 5.75 Å². The molecule has 0 aliphatic rings. The molecule has 1 amide bonds. The van der Waals surface area contributed by atoms with Crippen LogP contribution in [-0.4, -0.2) is 28.6 Å². The number of nitrogens with zero attached hydrogens (tertiary/aromatic N) is 1. The van der Waals surface area contributed by atoms with Crippen molar-refractivity contribution < 1.29 is 19.4 Å². The van der Waals surface area contributed by atoms with Crippen LogP contribution in [0.3, 0.4) is 0 Å². The predicted molar refractivity (Wildman–Crippen MR) is 109 cm³/mol. The van der Waals surface area contributed by atoms with Gasteiger partial charge in [0, 0.05) is 25.0 Å². The average molecular weight is 388 g/mol. The van der Waals surface area contributed by atoms with Gasteiger partial charge in [-0.1, -0.05) is 48.5 Å². The van der Waals surface area contributed by atoms with Crippen LogP contribution >= 0.6 is 0 Å². The SMILES string of the molecule is O=C(O)COc1ccc(C(=CC(=O)NCc2cccnc2)c2ccccc2)cc1. The molecule has 0 saturated carbocycles. The predicted octanol–water partition coefficient (Wildman–Crippen LogP) is 3.29. The lowest BCUT2D eigenvalue weighted by atomic mass is 9.97. The Kier molecular flexibility index (Phi) is 6.73. The second-order valence-electron chi connectivity index (χ2n) is 6.21. The molecule has 0 fully saturated rings. The molecule has 0 saturated heterocycles. The second-order valence-corrected chi connectivity index (χ2v) is 6.21. The quantitative estimate of drug-likeness (QED) is 0.578. The van der Waals surface area contributed by atoms with Crippen LogP contribution in [0.4, 0.5) is 0 Å². The van der Waals surface area contributed by atoms with Gasteiger partial charge in [0.15, 0.2) is 6.61 Å². The highest BCUT2D eigenvalue weighted by Crippen LogP contribution is 2.25. The largest absolute Gasteiger partial charge is 0.482 e. The minimum absolute atomic E-state index is 0.223. The third kappa shape index (κ3) is 6.04. The highest BCUT2D eigenvalue weighted by Gasteiger charge is 2.09. The summed E-state index contributed by atoms with van der Waals surface area (Å²) in [4.78, 5) is 27.2. The summed E-state index contributed by atoms with van der Waals surface area (Å²) >= 11 is 0. The van der Waals surface area contributed by atoms with Crippen molar-refractivity contribution in [3.63, 3.8) is 0 Å². The normalized spacial score (nSPS) is 11.0. The van der Waals surface area contributed by atoms with Gasteiger partial charge in [-0.3, -0.25) is 9.78 Å². The number of hydrogen-bond acceptors (Lipinski definition) is 4. The summed E-state index contributed by atoms with van der Waals surface area (Å²) < 4.78 is 5.17. The topological polar surface area (TPSA) is 88.5 Å². The first kappa shape index (κ1) is 19.8. The van der Waals surface area contributed by atoms with E-state index in [2.05, 4.69) is 10.3 Å². The second kappa shape index (κ2) is 9.85. The highest BCUT2D eigenvalue weighted by atomic mass is 16.5. The van der Waals surface area contributed by atoms with Crippen LogP contribution in [0, 0.1) is 0 Å². The number of ether oxygens (including phenoxy) is 1. The Labute approximate surface area is 168 Å². The monoisotopic (exact) mass is 388 g/mol. The first-order valence-electron chi connectivity index (χ1n) is 9.01. The van der Waals surface area contributed by atoms with Gasteiger partial charge < -0.3 is 15.2 Å². The number of aliphatic carboxylic acids is 1. The van der Waals surface area contributed by atoms with E-state index in [0.717, 1.165) is 22.3 Å². The van der Waals surface area contributed by atoms with Crippen LogP contribution in [-0.2, 0) is 16.1 Å². The molecule has 2 N–H and O–H groups in total. The molecule has 29 heavy (non-hydrogen) atoms. The Morgan fingerprint density at radius 3 is 2.34 bits per heavy atom. The summed E-state index contributed by atoms with van der Waals surface area (Å²) in [6.07, 6.45) is 4.94. The van der Waals surface area contributed by atoms with Gasteiger partial charge in [0.05, 0.1) is 0 Å². The van der Waals surface area contributed by atoms with Crippen molar-refractivity contribution in [1.82, 2.24) is 10.3 Å². The molecule has 2 aromatic carbocycles. The summed E-state index contributed by atoms with van der Waals surface area (Å²) in [7, 11) is 0. The van der Waals surface area contributed by atoms with Crippen LogP contribution in [0.15, 0.2) is 85.2 Å². The van der Waals surface area contributed by atoms with Gasteiger partial charge in [-0.05, 0) is 40.5 Å². The molecule has 1 heterocycles. The number of amides is 1. The van der Waals surface area contributed by atoms with E-state index < -0.39 is 12.6 Å². The van der Waals surface area contributed by atoms with E-state index in [1.165, 1.54) is 0 Å². The summed E-state index contributed by atoms with van der Waals surface area (Å²) in [5.41, 5.74) is 3.37. The number of carbonyl (C=O) groups excluding carboxylic acids is 1. The molecule has 3 rings (SSSR count). The molecule has 3 aromatic rings. The molecule has 0 bridgehead atoms. The molecule has 0 atom stereocenters. The van der Waals surface area contributed by atoms with E-state index in [1.807, 2.05) is 42.5 Å². The summed E-state index contributed by atoms with van der Waals surface area (Å²) in [5, 5.41) is 11.6. The molecule has 0 aliphatic carbocycles. The van der Waals surface area contributed by atoms with Crippen LogP contribution in [0.1, 0.15) is 16.7 Å². The molecular formula is C23H20N2O4. The number of nitrogens with one attached hydrogen (secondary N) is 1. The van der Waals surface area contributed by atoms with E-state index in [1.54, 1.807) is 42.7 Å². The third-order valence-corrected chi connectivity index (χ3v) is 4.08. The smallest absolute Gasteiger partial charge is 0.341 e. The zero-order chi connectivity index (χ0) is 20.5. The molecule has 6 nitrogen and oxygen atoms in total. The van der Waals surface area contributed by atoms with E-state index in [4.69, 9.17) is 9.84 Å². The zero-order valence-corrected chi connectivity index (χ0v) is 15.6. The Bertz CT molecular complexity index is 984. The molecule has 0 radical (unpaired) electrons. The number of hydrogen-bond donors (Lipinski definition) is 2. The molecule has 6 heteroatoms. The Balaban J connectivity index is 1.80. The number of benzene rings is 2. The van der Waals surface area contributed by atoms with Gasteiger partial charge >= 0.3 is 5.97 Å². The van der Waals surface area contributed by atoms with Gasteiger partial charge in [-0.15, -0.1) is 0 Å². The first-order valence-corrected chi connectivity index (χ1v) is 9.01. The number of carboxylic acids is 1. The Morgan fingerprint density at radius 1 is 0.966 bits per heavy atom. The van der Waals surface area contributed by atoms with Crippen LogP contribution in [0.25, 0.3) is 5.57 Å². The van der Waals surface area contributed by atoms with Gasteiger partial charge in [-0.25, -0.2) is 4.79 Å². The van der Waals surface area contributed by atoms with E-state index >= 15 is 0 Å². The van der Waals surface area contributed by atoms with Crippen molar-refractivity contribution in [2.75, 3.05) is 6.61 Å². The summed E-state index contributed by atoms with van der Waals surface area (Å²) in [6.45, 7) is -0.0231. The summed E-state index contributed by atoms with van der Waals surface area (Å²) in [5.74, 6) is -0.812. The van der Waals surface area contributed by atoms with E-state index in [9.17, 15) is 9.59 Å². The number of aromatic nitrogens is 1. The summed E-state index contributed by atoms with van der Waals surface area (Å²) in [6, 6.07) is 20.2. The Hall–Kier alpha value is -3.93. The highest BCUT2D eigenvalue weighted by molar-refractivity contribution is 5.99. The standard InChI is InChI=1S/C23H20N2O4/c26-22(25-15-17-5-4-12-24-14-17)13-21(18-6-2-1-3-7-18)19-8-10-20(11-9-19)29-16-23(27)28/h1-14H,15-16H2,(H,25,26)(H,27,28). The maximum absolute atomic E-state index is 12.5. The fourth-order valence-electron chi connectivity index (χ4n) is 2.70. The minimum atomic E-state index is -1.04. The third-order valence-electron chi connectivity index (χ3n) is 4.08. The fourth-order valence-corrected chi connectivity index (χ4v) is 2.70. The number of rotatable bonds is 8. The number of carbonyl (C=O) groups is 2. The van der Waals surface area contributed by atoms with Gasteiger partial charge in [-0.2, -0.15) is 0 Å². The van der Waals surface area contributed by atoms with Gasteiger partial charge in [0.2, 0.25) is 5.91 Å². The minimum Gasteiger partial charge on any atom is -0.482 e. The molecule has 0 aliphatic heterocycles. The molecule has 0 spiro atoms. The number of carboxylic acid groups (broad SMARTS) is 1. The lowest BCUT2D eigenvalue weighted by molar-refractivity contribution is -0.139. The van der Waals surface area contributed by atoms with Crippen LogP contribution in [0.2, 0.25) is 0 Å². The first-order chi connectivity index (χ1) is 14.1. The fraction of sp³-hybridized carbons (Fsp3) is 0.0870. The maximum atomic E-state index is 12.5. The maximum Gasteiger partial charge on any atom is 0.341 e. The van der Waals surface area contributed by atoms with Crippen molar-refractivity contribution >= 4 is 17.4 Å². The molecule has 1 aromatic heterocycles. The molecular weight excluding hydrogens is 368 g/mol. The van der Waals surface area contributed by atoms with Crippen LogP contribution in [0.5, 0.6) is 5.75 Å². The van der Waals surface area contributed by atoms with Crippen molar-refractivity contribution in [3.8, 4) is 5.75 Å². The Morgan fingerprint density at radius 2 is 1.69 bits per heavy atom. The van der Waals surface area contributed by atoms with Crippen molar-refractivity contribution in [1.29, 1.82) is 0 Å². The molecule has 146 valence electrons. The zero-order valence-electron chi connectivity index (χ0n) is 15.6. The lowest BCUT2D eigenvalue weighted by Crippen LogP contribution is -2.20. The van der Waals surface area contributed by atoms with Crippen molar-refractivity contribution in [2.45, 2.75) is 6.54 Å². The number of pyridine rings is 1. The van der Waals surface area contributed by atoms with Crippen molar-refractivity contribution in [3.05, 3.63) is 102 Å². The average Bonchev–Trinajstić information content (AvgIpc) is 2.76. The van der Waals surface area contributed by atoms with E-state index in [0.29, 0.717) is 12.3 Å². The lowest BCUT2D eigenvalue weighted by Gasteiger charge is -2.10. The van der Waals surface area contributed by atoms with Crippen LogP contribution < -0.4 is 10.1 Å². The van der Waals surface area contributed by atoms with Crippen molar-refractivity contribution in [2.24, 2.45) is 0 Å². The van der Waals surface area contributed by atoms with Gasteiger partial charge in [0.25, 0.3) is 0 Å². The molecule has 0 unspecified atom stereocenters. The van der Waals surface area contributed by atoms with E-state index in [-0.39, 0.29) is 5.91 Å².